The first-order chi connectivity index (χ1) is 9.41. The minimum atomic E-state index is -0.875. The number of hydrogen-bond donors (Lipinski definition) is 2. The molecule has 6 heteroatoms. The van der Waals surface area contributed by atoms with Crippen molar-refractivity contribution in [2.75, 3.05) is 6.54 Å². The fraction of sp³-hybridized carbons (Fsp3) is 0.286. The first kappa shape index (κ1) is 16.5. The normalized spacial score (nSPS) is 12.3. The molecule has 0 aliphatic carbocycles. The maximum atomic E-state index is 11.5. The zero-order valence-corrected chi connectivity index (χ0v) is 12.4. The van der Waals surface area contributed by atoms with Crippen molar-refractivity contribution in [2.45, 2.75) is 13.3 Å². The van der Waals surface area contributed by atoms with Crippen molar-refractivity contribution in [3.8, 4) is 0 Å². The Morgan fingerprint density at radius 2 is 2.10 bits per heavy atom. The highest BCUT2D eigenvalue weighted by atomic mass is 35.5. The molecule has 2 N–H and O–H groups in total. The number of aliphatic carboxylic acids is 1. The van der Waals surface area contributed by atoms with Gasteiger partial charge in [-0.3, -0.25) is 9.59 Å². The zero-order chi connectivity index (χ0) is 15.1. The Bertz CT molecular complexity index is 529. The van der Waals surface area contributed by atoms with Crippen LogP contribution >= 0.6 is 23.2 Å². The Hall–Kier alpha value is -1.52. The zero-order valence-electron chi connectivity index (χ0n) is 10.9. The first-order valence-electron chi connectivity index (χ1n) is 6.04. The highest BCUT2D eigenvalue weighted by Gasteiger charge is 2.10. The summed E-state index contributed by atoms with van der Waals surface area (Å²) in [5, 5.41) is 12.1. The molecule has 0 fully saturated rings. The van der Waals surface area contributed by atoms with E-state index in [9.17, 15) is 9.59 Å². The topological polar surface area (TPSA) is 66.4 Å². The average molecular weight is 316 g/mol. The summed E-state index contributed by atoms with van der Waals surface area (Å²) in [4.78, 5) is 22.1. The number of carbonyl (C=O) groups is 2. The minimum Gasteiger partial charge on any atom is -0.481 e. The quantitative estimate of drug-likeness (QED) is 0.792. The summed E-state index contributed by atoms with van der Waals surface area (Å²) in [5.74, 6) is -1.67. The molecule has 1 rings (SSSR count). The molecule has 108 valence electrons. The van der Waals surface area contributed by atoms with E-state index >= 15 is 0 Å². The highest BCUT2D eigenvalue weighted by Crippen LogP contribution is 2.26. The van der Waals surface area contributed by atoms with Gasteiger partial charge in [0, 0.05) is 12.6 Å². The van der Waals surface area contributed by atoms with E-state index in [0.29, 0.717) is 28.6 Å². The van der Waals surface area contributed by atoms with Gasteiger partial charge in [-0.2, -0.15) is 0 Å². The number of carboxylic acids is 1. The third kappa shape index (κ3) is 5.23. The van der Waals surface area contributed by atoms with E-state index in [1.165, 1.54) is 6.08 Å². The number of carbonyl (C=O) groups excluding carboxylic acids is 1. The van der Waals surface area contributed by atoms with Gasteiger partial charge >= 0.3 is 5.97 Å². The van der Waals surface area contributed by atoms with Crippen LogP contribution in [0.25, 0.3) is 6.08 Å². The second-order valence-corrected chi connectivity index (χ2v) is 5.08. The van der Waals surface area contributed by atoms with Crippen LogP contribution in [0.15, 0.2) is 24.3 Å². The molecular formula is C14H15Cl2NO3. The van der Waals surface area contributed by atoms with Gasteiger partial charge in [0.15, 0.2) is 0 Å². The van der Waals surface area contributed by atoms with E-state index < -0.39 is 11.9 Å². The number of carboxylic acid groups (broad SMARTS) is 1. The molecule has 0 aliphatic heterocycles. The van der Waals surface area contributed by atoms with Gasteiger partial charge in [0.05, 0.1) is 16.0 Å². The molecule has 4 nitrogen and oxygen atoms in total. The predicted octanol–water partition coefficient (Wildman–Crippen LogP) is 3.23. The summed E-state index contributed by atoms with van der Waals surface area (Å²) in [5.41, 5.74) is 0.647. The molecule has 0 heterocycles. The van der Waals surface area contributed by atoms with Gasteiger partial charge in [-0.15, -0.1) is 0 Å². The van der Waals surface area contributed by atoms with E-state index in [-0.39, 0.29) is 5.91 Å². The van der Waals surface area contributed by atoms with Crippen molar-refractivity contribution in [1.82, 2.24) is 5.32 Å². The van der Waals surface area contributed by atoms with Crippen LogP contribution in [-0.4, -0.2) is 23.5 Å². The van der Waals surface area contributed by atoms with E-state index in [0.717, 1.165) is 0 Å². The number of nitrogens with one attached hydrogen (secondary N) is 1. The molecule has 0 radical (unpaired) electrons. The summed E-state index contributed by atoms with van der Waals surface area (Å²) in [7, 11) is 0. The number of benzene rings is 1. The maximum Gasteiger partial charge on any atom is 0.306 e. The molecule has 1 unspecified atom stereocenters. The SMILES string of the molecule is CC(CCNC(=O)/C=C/c1cccc(Cl)c1Cl)C(=O)O. The lowest BCUT2D eigenvalue weighted by Gasteiger charge is -2.06. The van der Waals surface area contributed by atoms with Crippen molar-refractivity contribution in [3.63, 3.8) is 0 Å². The molecule has 20 heavy (non-hydrogen) atoms. The average Bonchev–Trinajstić information content (AvgIpc) is 2.40. The maximum absolute atomic E-state index is 11.5. The van der Waals surface area contributed by atoms with Crippen molar-refractivity contribution < 1.29 is 14.7 Å². The van der Waals surface area contributed by atoms with Gasteiger partial charge in [-0.25, -0.2) is 0 Å². The van der Waals surface area contributed by atoms with Crippen LogP contribution in [0, 0.1) is 5.92 Å². The summed E-state index contributed by atoms with van der Waals surface area (Å²) < 4.78 is 0. The van der Waals surface area contributed by atoms with Crippen LogP contribution in [0.1, 0.15) is 18.9 Å². The van der Waals surface area contributed by atoms with Crippen LogP contribution in [-0.2, 0) is 9.59 Å². The number of halogens is 2. The van der Waals surface area contributed by atoms with Gasteiger partial charge in [0.1, 0.15) is 0 Å². The molecule has 1 atom stereocenters. The lowest BCUT2D eigenvalue weighted by molar-refractivity contribution is -0.141. The number of rotatable bonds is 6. The molecule has 1 aromatic rings. The summed E-state index contributed by atoms with van der Waals surface area (Å²) in [6.45, 7) is 1.90. The minimum absolute atomic E-state index is 0.305. The molecule has 0 bridgehead atoms. The third-order valence-electron chi connectivity index (χ3n) is 2.69. The van der Waals surface area contributed by atoms with Crippen molar-refractivity contribution in [2.24, 2.45) is 5.92 Å². The van der Waals surface area contributed by atoms with E-state index in [1.54, 1.807) is 31.2 Å². The molecule has 0 aliphatic rings. The van der Waals surface area contributed by atoms with Crippen LogP contribution in [0.2, 0.25) is 10.0 Å². The van der Waals surface area contributed by atoms with E-state index in [4.69, 9.17) is 28.3 Å². The molecule has 0 saturated heterocycles. The monoisotopic (exact) mass is 315 g/mol. The lowest BCUT2D eigenvalue weighted by Crippen LogP contribution is -2.25. The summed E-state index contributed by atoms with van der Waals surface area (Å²) in [6.07, 6.45) is 3.28. The smallest absolute Gasteiger partial charge is 0.306 e. The lowest BCUT2D eigenvalue weighted by atomic mass is 10.1. The van der Waals surface area contributed by atoms with Gasteiger partial charge < -0.3 is 10.4 Å². The first-order valence-corrected chi connectivity index (χ1v) is 6.80. The standard InChI is InChI=1S/C14H15Cl2NO3/c1-9(14(19)20)7-8-17-12(18)6-5-10-3-2-4-11(15)13(10)16/h2-6,9H,7-8H2,1H3,(H,17,18)(H,19,20)/b6-5+. The fourth-order valence-electron chi connectivity index (χ4n) is 1.41. The van der Waals surface area contributed by atoms with Gasteiger partial charge in [0.2, 0.25) is 5.91 Å². The highest BCUT2D eigenvalue weighted by molar-refractivity contribution is 6.42. The predicted molar refractivity (Wildman–Crippen MR) is 79.9 cm³/mol. The second-order valence-electron chi connectivity index (χ2n) is 4.30. The Kier molecular flexibility index (Phi) is 6.55. The molecule has 0 aromatic heterocycles. The van der Waals surface area contributed by atoms with Crippen molar-refractivity contribution in [1.29, 1.82) is 0 Å². The molecule has 0 saturated carbocycles. The van der Waals surface area contributed by atoms with Crippen LogP contribution in [0.5, 0.6) is 0 Å². The Labute approximate surface area is 127 Å². The third-order valence-corrected chi connectivity index (χ3v) is 3.53. The van der Waals surface area contributed by atoms with Crippen molar-refractivity contribution >= 4 is 41.2 Å². The van der Waals surface area contributed by atoms with Crippen LogP contribution in [0.4, 0.5) is 0 Å². The van der Waals surface area contributed by atoms with Gasteiger partial charge in [0.25, 0.3) is 0 Å². The number of amides is 1. The number of hydrogen-bond acceptors (Lipinski definition) is 2. The second kappa shape index (κ2) is 7.92. The van der Waals surface area contributed by atoms with E-state index in [2.05, 4.69) is 5.32 Å². The Morgan fingerprint density at radius 3 is 2.75 bits per heavy atom. The van der Waals surface area contributed by atoms with Gasteiger partial charge in [-0.1, -0.05) is 42.3 Å². The van der Waals surface area contributed by atoms with E-state index in [1.807, 2.05) is 0 Å². The largest absolute Gasteiger partial charge is 0.481 e. The summed E-state index contributed by atoms with van der Waals surface area (Å²) in [6, 6.07) is 5.14. The summed E-state index contributed by atoms with van der Waals surface area (Å²) >= 11 is 11.8. The molecule has 1 aromatic carbocycles. The van der Waals surface area contributed by atoms with Crippen LogP contribution < -0.4 is 5.32 Å². The fourth-order valence-corrected chi connectivity index (χ4v) is 1.78. The van der Waals surface area contributed by atoms with Crippen LogP contribution in [0.3, 0.4) is 0 Å². The molecular weight excluding hydrogens is 301 g/mol. The Balaban J connectivity index is 2.48. The molecule has 1 amide bonds. The van der Waals surface area contributed by atoms with Crippen molar-refractivity contribution in [3.05, 3.63) is 39.9 Å². The molecule has 0 spiro atoms. The Morgan fingerprint density at radius 1 is 1.40 bits per heavy atom. The van der Waals surface area contributed by atoms with Gasteiger partial charge in [-0.05, 0) is 24.1 Å².